The molecule has 10 heteroatoms. The molecule has 0 saturated carbocycles. The summed E-state index contributed by atoms with van der Waals surface area (Å²) in [6.07, 6.45) is 0.0720. The Morgan fingerprint density at radius 2 is 0.947 bits per heavy atom. The van der Waals surface area contributed by atoms with Gasteiger partial charge in [-0.3, -0.25) is 14.4 Å². The summed E-state index contributed by atoms with van der Waals surface area (Å²) in [6.45, 7) is 0. The summed E-state index contributed by atoms with van der Waals surface area (Å²) in [4.78, 5) is 33.8. The maximum absolute atomic E-state index is 11.3. The second-order valence-electron chi connectivity index (χ2n) is 3.03. The van der Waals surface area contributed by atoms with Gasteiger partial charge in [-0.05, 0) is 0 Å². The lowest BCUT2D eigenvalue weighted by Crippen LogP contribution is -2.11. The van der Waals surface area contributed by atoms with Gasteiger partial charge in [-0.15, -0.1) is 0 Å². The first kappa shape index (κ1) is 18.9. The van der Waals surface area contributed by atoms with Crippen molar-refractivity contribution in [2.45, 2.75) is 19.3 Å². The van der Waals surface area contributed by atoms with Crippen LogP contribution in [-0.2, 0) is 28.0 Å². The van der Waals surface area contributed by atoms with Crippen LogP contribution in [0.3, 0.4) is 0 Å². The molecule has 0 fully saturated rings. The molecule has 0 aromatic carbocycles. The molecule has 6 nitrogen and oxygen atoms in total. The van der Waals surface area contributed by atoms with E-state index in [2.05, 4.69) is 37.9 Å². The largest absolute Gasteiger partial charge is 0.537 e. The van der Waals surface area contributed by atoms with E-state index in [0.29, 0.717) is 0 Å². The zero-order chi connectivity index (χ0) is 14.7. The van der Waals surface area contributed by atoms with Gasteiger partial charge in [0.05, 0.1) is 19.3 Å². The van der Waals surface area contributed by atoms with Crippen LogP contribution < -0.4 is 0 Å². The highest BCUT2D eigenvalue weighted by atomic mass is 32.1. The molecule has 0 aromatic rings. The van der Waals surface area contributed by atoms with Crippen molar-refractivity contribution in [2.24, 2.45) is 0 Å². The summed E-state index contributed by atoms with van der Waals surface area (Å²) in [5.74, 6) is -1.14. The van der Waals surface area contributed by atoms with E-state index in [1.807, 2.05) is 0 Å². The smallest absolute Gasteiger partial charge is 0.375 e. The third-order valence-electron chi connectivity index (χ3n) is 1.48. The van der Waals surface area contributed by atoms with E-state index < -0.39 is 26.5 Å². The van der Waals surface area contributed by atoms with E-state index in [0.717, 1.165) is 0 Å². The second kappa shape index (κ2) is 11.7. The quantitative estimate of drug-likeness (QED) is 0.436. The Hall–Kier alpha value is -0.110. The van der Waals surface area contributed by atoms with Crippen LogP contribution in [0, 0.1) is 0 Å². The van der Waals surface area contributed by atoms with E-state index in [4.69, 9.17) is 13.6 Å². The van der Waals surface area contributed by atoms with Gasteiger partial charge in [0, 0.05) is 17.3 Å². The van der Waals surface area contributed by atoms with Crippen LogP contribution in [0.2, 0.25) is 0 Å². The van der Waals surface area contributed by atoms with Crippen molar-refractivity contribution in [3.8, 4) is 0 Å². The van der Waals surface area contributed by atoms with Crippen molar-refractivity contribution in [3.05, 3.63) is 0 Å². The van der Waals surface area contributed by atoms with Crippen molar-refractivity contribution in [2.75, 3.05) is 17.3 Å². The average molecular weight is 346 g/mol. The van der Waals surface area contributed by atoms with Gasteiger partial charge in [0.15, 0.2) is 0 Å². The van der Waals surface area contributed by atoms with Crippen LogP contribution in [0.4, 0.5) is 0 Å². The molecule has 0 aliphatic carbocycles. The third-order valence-corrected chi connectivity index (χ3v) is 3.21. The molecule has 0 rings (SSSR count). The van der Waals surface area contributed by atoms with Crippen molar-refractivity contribution in [3.63, 3.8) is 0 Å². The molecular weight excluding hydrogens is 331 g/mol. The molecule has 0 atom stereocenters. The van der Waals surface area contributed by atoms with E-state index in [1.54, 1.807) is 0 Å². The molecule has 19 heavy (non-hydrogen) atoms. The molecule has 0 amide bonds. The Labute approximate surface area is 129 Å². The van der Waals surface area contributed by atoms with E-state index in [1.165, 1.54) is 0 Å². The normalized spacial score (nSPS) is 10.1. The van der Waals surface area contributed by atoms with E-state index in [-0.39, 0.29) is 36.5 Å². The van der Waals surface area contributed by atoms with Gasteiger partial charge >= 0.3 is 26.5 Å². The summed E-state index contributed by atoms with van der Waals surface area (Å²) in [5.41, 5.74) is 0. The lowest BCUT2D eigenvalue weighted by atomic mass is 10.5. The van der Waals surface area contributed by atoms with Gasteiger partial charge < -0.3 is 13.6 Å². The Balaban J connectivity index is 4.40. The van der Waals surface area contributed by atoms with Crippen LogP contribution in [-0.4, -0.2) is 35.2 Å². The van der Waals surface area contributed by atoms with Gasteiger partial charge in [0.2, 0.25) is 0 Å². The summed E-state index contributed by atoms with van der Waals surface area (Å²) in [6, 6.07) is 0. The Bertz CT molecular complexity index is 267. The molecule has 0 radical (unpaired) electrons. The molecule has 0 saturated heterocycles. The molecule has 0 bridgehead atoms. The first-order valence-electron chi connectivity index (χ1n) is 5.28. The minimum atomic E-state index is -2.36. The second-order valence-corrected chi connectivity index (χ2v) is 5.37. The van der Waals surface area contributed by atoms with Crippen LogP contribution in [0.25, 0.3) is 0 Å². The first-order valence-corrected chi connectivity index (χ1v) is 8.27. The number of rotatable bonds is 9. The fourth-order valence-electron chi connectivity index (χ4n) is 0.716. The minimum Gasteiger partial charge on any atom is -0.375 e. The zero-order valence-corrected chi connectivity index (χ0v) is 13.6. The van der Waals surface area contributed by atoms with Crippen LogP contribution in [0.15, 0.2) is 0 Å². The summed E-state index contributed by atoms with van der Waals surface area (Å²) in [7, 11) is -2.36. The maximum Gasteiger partial charge on any atom is 0.537 e. The highest BCUT2D eigenvalue weighted by molar-refractivity contribution is 7.80. The summed E-state index contributed by atoms with van der Waals surface area (Å²) in [5, 5.41) is 0. The molecule has 0 spiro atoms. The minimum absolute atomic E-state index is 0.0240. The molecule has 0 aromatic heterocycles. The molecule has 0 aliphatic rings. The molecule has 0 N–H and O–H groups in total. The van der Waals surface area contributed by atoms with Crippen molar-refractivity contribution in [1.29, 1.82) is 0 Å². The van der Waals surface area contributed by atoms with Crippen LogP contribution in [0.1, 0.15) is 19.3 Å². The predicted molar refractivity (Wildman–Crippen MR) is 80.6 cm³/mol. The van der Waals surface area contributed by atoms with Gasteiger partial charge in [0.25, 0.3) is 0 Å². The van der Waals surface area contributed by atoms with Crippen LogP contribution in [0.5, 0.6) is 0 Å². The zero-order valence-electron chi connectivity index (χ0n) is 9.98. The highest BCUT2D eigenvalue weighted by Gasteiger charge is 2.26. The van der Waals surface area contributed by atoms with Gasteiger partial charge in [-0.2, -0.15) is 37.9 Å². The molecule has 0 unspecified atom stereocenters. The van der Waals surface area contributed by atoms with Crippen molar-refractivity contribution < 1.29 is 28.0 Å². The molecule has 110 valence electrons. The number of carbonyl (C=O) groups is 3. The Morgan fingerprint density at radius 1 is 0.684 bits per heavy atom. The Morgan fingerprint density at radius 3 is 1.16 bits per heavy atom. The molecular formula is C9H15O6PS3. The van der Waals surface area contributed by atoms with Crippen LogP contribution >= 0.6 is 46.5 Å². The van der Waals surface area contributed by atoms with Gasteiger partial charge in [0.1, 0.15) is 0 Å². The van der Waals surface area contributed by atoms with Gasteiger partial charge in [-0.1, -0.05) is 0 Å². The summed E-state index contributed by atoms with van der Waals surface area (Å²) >= 11 is 11.6. The molecule has 0 aliphatic heterocycles. The fourth-order valence-corrected chi connectivity index (χ4v) is 2.15. The molecule has 0 heterocycles. The summed E-state index contributed by atoms with van der Waals surface area (Å²) < 4.78 is 14.3. The number of carbonyl (C=O) groups excluding carboxylic acids is 3. The van der Waals surface area contributed by atoms with Crippen molar-refractivity contribution in [1.82, 2.24) is 0 Å². The third kappa shape index (κ3) is 10.4. The fraction of sp³-hybridized carbons (Fsp3) is 0.667. The monoisotopic (exact) mass is 346 g/mol. The average Bonchev–Trinajstić information content (AvgIpc) is 2.29. The lowest BCUT2D eigenvalue weighted by Gasteiger charge is -2.14. The van der Waals surface area contributed by atoms with E-state index >= 15 is 0 Å². The number of hydrogen-bond acceptors (Lipinski definition) is 9. The number of thiol groups is 3. The first-order chi connectivity index (χ1) is 9.03. The lowest BCUT2D eigenvalue weighted by molar-refractivity contribution is -0.141. The Kier molecular flexibility index (Phi) is 11.6. The SMILES string of the molecule is O=C(CCS)OP(OC(=O)CCS)OC(=O)CCS. The maximum atomic E-state index is 11.3. The topological polar surface area (TPSA) is 78.9 Å². The standard InChI is InChI=1S/C9H15O6PS3/c10-7(1-4-17)13-16(14-8(11)2-5-18)15-9(12)3-6-19/h17-19H,1-6H2. The van der Waals surface area contributed by atoms with Gasteiger partial charge in [-0.25, -0.2) is 0 Å². The highest BCUT2D eigenvalue weighted by Crippen LogP contribution is 2.41. The predicted octanol–water partition coefficient (Wildman–Crippen LogP) is 1.80. The van der Waals surface area contributed by atoms with Crippen molar-refractivity contribution >= 4 is 64.4 Å². The number of hydrogen-bond donors (Lipinski definition) is 3. The van der Waals surface area contributed by atoms with E-state index in [9.17, 15) is 14.4 Å².